The average molecular weight is 315 g/mol. The Balaban J connectivity index is 2.09. The van der Waals surface area contributed by atoms with E-state index in [1.807, 2.05) is 12.1 Å². The highest BCUT2D eigenvalue weighted by Gasteiger charge is 2.31. The Labute approximate surface area is 136 Å². The van der Waals surface area contributed by atoms with Crippen LogP contribution in [0.5, 0.6) is 11.5 Å². The molecule has 1 aromatic carbocycles. The summed E-state index contributed by atoms with van der Waals surface area (Å²) in [6.45, 7) is 2.83. The van der Waals surface area contributed by atoms with Crippen molar-refractivity contribution >= 4 is 5.70 Å². The molecule has 0 aliphatic carbocycles. The molecule has 0 saturated carbocycles. The molecule has 2 aliphatic heterocycles. The molecule has 0 bridgehead atoms. The first-order valence-electron chi connectivity index (χ1n) is 7.68. The second-order valence-electron chi connectivity index (χ2n) is 5.73. The van der Waals surface area contributed by atoms with E-state index in [1.54, 1.807) is 14.2 Å². The molecule has 0 fully saturated rings. The lowest BCUT2D eigenvalue weighted by Gasteiger charge is -2.42. The molecule has 3 rings (SSSR count). The number of ether oxygens (including phenoxy) is 2. The van der Waals surface area contributed by atoms with E-state index in [1.165, 1.54) is 5.56 Å². The van der Waals surface area contributed by atoms with Gasteiger partial charge in [-0.25, -0.2) is 0 Å². The van der Waals surface area contributed by atoms with Crippen LogP contribution in [0.1, 0.15) is 11.1 Å². The van der Waals surface area contributed by atoms with Gasteiger partial charge in [0.25, 0.3) is 0 Å². The highest BCUT2D eigenvalue weighted by Crippen LogP contribution is 2.40. The minimum Gasteiger partial charge on any atom is -0.493 e. The van der Waals surface area contributed by atoms with Crippen LogP contribution in [0.3, 0.4) is 0 Å². The second kappa shape index (κ2) is 6.49. The maximum absolute atomic E-state index is 9.59. The van der Waals surface area contributed by atoms with Gasteiger partial charge in [0.15, 0.2) is 11.5 Å². The Hall–Kier alpha value is -2.23. The lowest BCUT2D eigenvalue weighted by molar-refractivity contribution is 0.141. The van der Waals surface area contributed by atoms with Crippen molar-refractivity contribution in [1.82, 2.24) is 9.80 Å². The summed E-state index contributed by atoms with van der Waals surface area (Å²) in [7, 11) is 3.25. The largest absolute Gasteiger partial charge is 0.493 e. The van der Waals surface area contributed by atoms with Crippen molar-refractivity contribution in [2.45, 2.75) is 6.42 Å². The van der Waals surface area contributed by atoms with Gasteiger partial charge < -0.3 is 19.5 Å². The highest BCUT2D eigenvalue weighted by molar-refractivity contribution is 5.77. The summed E-state index contributed by atoms with van der Waals surface area (Å²) in [4.78, 5) is 4.31. The second-order valence-corrected chi connectivity index (χ2v) is 5.73. The van der Waals surface area contributed by atoms with Gasteiger partial charge in [0.2, 0.25) is 0 Å². The highest BCUT2D eigenvalue weighted by atomic mass is 16.5. The van der Waals surface area contributed by atoms with Crippen LogP contribution in [0.15, 0.2) is 17.7 Å². The van der Waals surface area contributed by atoms with Crippen molar-refractivity contribution in [3.8, 4) is 17.6 Å². The number of nitriles is 1. The predicted octanol–water partition coefficient (Wildman–Crippen LogP) is 1.06. The zero-order valence-corrected chi connectivity index (χ0v) is 13.5. The first-order chi connectivity index (χ1) is 11.2. The SMILES string of the molecule is COc1cc2c(cc1OC)C1=C(C#N)CN(CCO)CN1CC2. The molecular formula is C17H21N3O3. The van der Waals surface area contributed by atoms with Gasteiger partial charge in [-0.1, -0.05) is 0 Å². The van der Waals surface area contributed by atoms with Crippen LogP contribution >= 0.6 is 0 Å². The summed E-state index contributed by atoms with van der Waals surface area (Å²) in [6.07, 6.45) is 0.894. The van der Waals surface area contributed by atoms with Crippen LogP contribution in [0.2, 0.25) is 0 Å². The topological polar surface area (TPSA) is 69.0 Å². The number of fused-ring (bicyclic) bond motifs is 3. The monoisotopic (exact) mass is 315 g/mol. The first kappa shape index (κ1) is 15.7. The number of benzene rings is 1. The predicted molar refractivity (Wildman–Crippen MR) is 86.0 cm³/mol. The Morgan fingerprint density at radius 3 is 2.65 bits per heavy atom. The van der Waals surface area contributed by atoms with Crippen molar-refractivity contribution in [3.05, 3.63) is 28.8 Å². The molecule has 0 atom stereocenters. The van der Waals surface area contributed by atoms with Gasteiger partial charge in [0, 0.05) is 25.2 Å². The van der Waals surface area contributed by atoms with Crippen LogP contribution in [-0.4, -0.2) is 62.0 Å². The van der Waals surface area contributed by atoms with Crippen LogP contribution in [0.25, 0.3) is 5.70 Å². The Kier molecular flexibility index (Phi) is 4.42. The van der Waals surface area contributed by atoms with E-state index >= 15 is 0 Å². The molecule has 2 heterocycles. The van der Waals surface area contributed by atoms with E-state index in [4.69, 9.17) is 14.6 Å². The number of aliphatic hydroxyl groups is 1. The van der Waals surface area contributed by atoms with Crippen LogP contribution < -0.4 is 9.47 Å². The zero-order chi connectivity index (χ0) is 16.4. The van der Waals surface area contributed by atoms with Gasteiger partial charge >= 0.3 is 0 Å². The van der Waals surface area contributed by atoms with Gasteiger partial charge in [-0.2, -0.15) is 5.26 Å². The van der Waals surface area contributed by atoms with E-state index in [-0.39, 0.29) is 6.61 Å². The van der Waals surface area contributed by atoms with E-state index in [0.717, 1.165) is 42.2 Å². The Morgan fingerprint density at radius 2 is 2.00 bits per heavy atom. The van der Waals surface area contributed by atoms with Crippen LogP contribution in [0, 0.1) is 11.3 Å². The maximum Gasteiger partial charge on any atom is 0.161 e. The lowest BCUT2D eigenvalue weighted by Crippen LogP contribution is -2.46. The Bertz CT molecular complexity index is 678. The van der Waals surface area contributed by atoms with E-state index < -0.39 is 0 Å². The average Bonchev–Trinajstić information content (AvgIpc) is 2.59. The standard InChI is InChI=1S/C17H21N3O3/c1-22-15-7-12-3-4-20-11-19(5-6-21)10-13(9-18)17(20)14(12)8-16(15)23-2/h7-8,21H,3-6,10-11H2,1-2H3. The quantitative estimate of drug-likeness (QED) is 0.896. The molecular weight excluding hydrogens is 294 g/mol. The number of rotatable bonds is 4. The van der Waals surface area contributed by atoms with Gasteiger partial charge in [0.05, 0.1) is 44.8 Å². The first-order valence-corrected chi connectivity index (χ1v) is 7.68. The number of nitrogens with zero attached hydrogens (tertiary/aromatic N) is 3. The van der Waals surface area contributed by atoms with E-state index in [0.29, 0.717) is 18.8 Å². The van der Waals surface area contributed by atoms with Gasteiger partial charge in [-0.15, -0.1) is 0 Å². The maximum atomic E-state index is 9.59. The number of hydrogen-bond donors (Lipinski definition) is 1. The lowest BCUT2D eigenvalue weighted by atomic mass is 9.92. The molecule has 1 N–H and O–H groups in total. The van der Waals surface area contributed by atoms with Gasteiger partial charge in [-0.3, -0.25) is 4.90 Å². The number of β-amino-alcohol motifs (C(OH)–C–C–N with tert-alkyl or cyclic N) is 1. The smallest absolute Gasteiger partial charge is 0.161 e. The van der Waals surface area contributed by atoms with Crippen LogP contribution in [0.4, 0.5) is 0 Å². The summed E-state index contributed by atoms with van der Waals surface area (Å²) < 4.78 is 10.8. The van der Waals surface area contributed by atoms with Crippen molar-refractivity contribution in [1.29, 1.82) is 5.26 Å². The minimum atomic E-state index is 0.101. The summed E-state index contributed by atoms with van der Waals surface area (Å²) >= 11 is 0. The fraction of sp³-hybridized carbons (Fsp3) is 0.471. The molecule has 23 heavy (non-hydrogen) atoms. The molecule has 0 amide bonds. The summed E-state index contributed by atoms with van der Waals surface area (Å²) in [6, 6.07) is 6.32. The van der Waals surface area contributed by atoms with Gasteiger partial charge in [-0.05, 0) is 24.1 Å². The van der Waals surface area contributed by atoms with Crippen LogP contribution in [-0.2, 0) is 6.42 Å². The minimum absolute atomic E-state index is 0.101. The third-order valence-corrected chi connectivity index (χ3v) is 4.42. The number of aliphatic hydroxyl groups excluding tert-OH is 1. The molecule has 6 heteroatoms. The Morgan fingerprint density at radius 1 is 1.26 bits per heavy atom. The third-order valence-electron chi connectivity index (χ3n) is 4.42. The van der Waals surface area contributed by atoms with Crippen molar-refractivity contribution in [2.24, 2.45) is 0 Å². The fourth-order valence-electron chi connectivity index (χ4n) is 3.35. The van der Waals surface area contributed by atoms with Crippen molar-refractivity contribution < 1.29 is 14.6 Å². The molecule has 1 aromatic rings. The van der Waals surface area contributed by atoms with E-state index in [9.17, 15) is 5.26 Å². The molecule has 0 unspecified atom stereocenters. The number of hydrogen-bond acceptors (Lipinski definition) is 6. The molecule has 122 valence electrons. The normalized spacial score (nSPS) is 17.4. The van der Waals surface area contributed by atoms with Gasteiger partial charge in [0.1, 0.15) is 0 Å². The summed E-state index contributed by atoms with van der Waals surface area (Å²) in [5.41, 5.74) is 3.95. The number of methoxy groups -OCH3 is 2. The summed E-state index contributed by atoms with van der Waals surface area (Å²) in [5.74, 6) is 1.40. The van der Waals surface area contributed by atoms with Crippen molar-refractivity contribution in [2.75, 3.05) is 47.1 Å². The van der Waals surface area contributed by atoms with E-state index in [2.05, 4.69) is 15.9 Å². The molecule has 0 aromatic heterocycles. The molecule has 6 nitrogen and oxygen atoms in total. The molecule has 0 saturated heterocycles. The third kappa shape index (κ3) is 2.74. The molecule has 2 aliphatic rings. The summed E-state index contributed by atoms with van der Waals surface area (Å²) in [5, 5.41) is 18.8. The molecule has 0 radical (unpaired) electrons. The molecule has 0 spiro atoms. The fourth-order valence-corrected chi connectivity index (χ4v) is 3.35. The zero-order valence-electron chi connectivity index (χ0n) is 13.5. The van der Waals surface area contributed by atoms with Crippen molar-refractivity contribution in [3.63, 3.8) is 0 Å².